The fourth-order valence-corrected chi connectivity index (χ4v) is 4.66. The van der Waals surface area contributed by atoms with Crippen LogP contribution in [-0.4, -0.2) is 69.9 Å². The number of benzene rings is 1. The first-order chi connectivity index (χ1) is 13.2. The van der Waals surface area contributed by atoms with Gasteiger partial charge in [-0.3, -0.25) is 9.69 Å². The van der Waals surface area contributed by atoms with Crippen molar-refractivity contribution in [3.8, 4) is 0 Å². The Morgan fingerprint density at radius 1 is 1.07 bits per heavy atom. The highest BCUT2D eigenvalue weighted by Gasteiger charge is 2.27. The van der Waals surface area contributed by atoms with E-state index in [1.165, 1.54) is 12.8 Å². The zero-order valence-corrected chi connectivity index (χ0v) is 17.7. The van der Waals surface area contributed by atoms with E-state index in [4.69, 9.17) is 5.14 Å². The molecule has 0 atom stereocenters. The van der Waals surface area contributed by atoms with E-state index in [0.29, 0.717) is 12.6 Å². The molecule has 0 radical (unpaired) electrons. The quantitative estimate of drug-likeness (QED) is 0.798. The van der Waals surface area contributed by atoms with Gasteiger partial charge in [-0.05, 0) is 55.9 Å². The average molecular weight is 409 g/mol. The van der Waals surface area contributed by atoms with Gasteiger partial charge in [-0.2, -0.15) is 0 Å². The van der Waals surface area contributed by atoms with Gasteiger partial charge in [-0.1, -0.05) is 6.92 Å². The van der Waals surface area contributed by atoms with Crippen molar-refractivity contribution in [3.05, 3.63) is 24.3 Å². The number of rotatable bonds is 5. The van der Waals surface area contributed by atoms with Crippen molar-refractivity contribution < 1.29 is 13.2 Å². The van der Waals surface area contributed by atoms with Gasteiger partial charge in [0.2, 0.25) is 15.9 Å². The van der Waals surface area contributed by atoms with Gasteiger partial charge >= 0.3 is 0 Å². The minimum absolute atomic E-state index is 0.126. The van der Waals surface area contributed by atoms with Crippen molar-refractivity contribution >= 4 is 21.6 Å². The normalized spacial score (nSPS) is 24.2. The van der Waals surface area contributed by atoms with Crippen LogP contribution in [0.15, 0.2) is 29.2 Å². The van der Waals surface area contributed by atoms with Crippen molar-refractivity contribution in [2.45, 2.75) is 43.5 Å². The summed E-state index contributed by atoms with van der Waals surface area (Å²) >= 11 is 0. The molecule has 1 saturated carbocycles. The van der Waals surface area contributed by atoms with E-state index < -0.39 is 10.0 Å². The molecule has 0 aromatic heterocycles. The highest BCUT2D eigenvalue weighted by Crippen LogP contribution is 2.26. The highest BCUT2D eigenvalue weighted by molar-refractivity contribution is 7.89. The second-order valence-corrected chi connectivity index (χ2v) is 9.78. The zero-order chi connectivity index (χ0) is 20.3. The number of anilines is 1. The Bertz CT molecular complexity index is 765. The number of hydrogen-bond acceptors (Lipinski definition) is 5. The summed E-state index contributed by atoms with van der Waals surface area (Å²) in [6, 6.07) is 7.06. The molecule has 0 spiro atoms. The summed E-state index contributed by atoms with van der Waals surface area (Å²) in [6.07, 6.45) is 4.66. The van der Waals surface area contributed by atoms with Gasteiger partial charge in [0, 0.05) is 45.0 Å². The molecule has 0 unspecified atom stereocenters. The Balaban J connectivity index is 1.48. The van der Waals surface area contributed by atoms with E-state index in [0.717, 1.165) is 50.6 Å². The Kier molecular flexibility index (Phi) is 6.62. The number of piperazine rings is 1. The van der Waals surface area contributed by atoms with Gasteiger partial charge in [0.25, 0.3) is 0 Å². The first kappa shape index (κ1) is 21.1. The molecule has 1 aromatic carbocycles. The molecule has 2 fully saturated rings. The smallest absolute Gasteiger partial charge is 0.238 e. The molecule has 7 nitrogen and oxygen atoms in total. The van der Waals surface area contributed by atoms with E-state index in [1.54, 1.807) is 24.3 Å². The minimum atomic E-state index is -3.66. The van der Waals surface area contributed by atoms with Gasteiger partial charge < -0.3 is 9.80 Å². The third-order valence-corrected chi connectivity index (χ3v) is 7.12. The summed E-state index contributed by atoms with van der Waals surface area (Å²) in [4.78, 5) is 19.2. The third kappa shape index (κ3) is 5.24. The van der Waals surface area contributed by atoms with Crippen LogP contribution in [0.1, 0.15) is 32.6 Å². The summed E-state index contributed by atoms with van der Waals surface area (Å²) in [6.45, 7) is 6.02. The van der Waals surface area contributed by atoms with Crippen LogP contribution in [0.3, 0.4) is 0 Å². The topological polar surface area (TPSA) is 86.9 Å². The van der Waals surface area contributed by atoms with Crippen LogP contribution in [0.5, 0.6) is 0 Å². The fourth-order valence-electron chi connectivity index (χ4n) is 4.15. The van der Waals surface area contributed by atoms with Crippen LogP contribution >= 0.6 is 0 Å². The maximum absolute atomic E-state index is 12.7. The Morgan fingerprint density at radius 2 is 1.64 bits per heavy atom. The molecule has 1 heterocycles. The SMILES string of the molecule is CC1CCC(N(C)C(=O)CN2CCN(c3ccc(S(N)(=O)=O)cc3)CC2)CC1. The van der Waals surface area contributed by atoms with Crippen LogP contribution in [0, 0.1) is 5.92 Å². The second kappa shape index (κ2) is 8.80. The highest BCUT2D eigenvalue weighted by atomic mass is 32.2. The van der Waals surface area contributed by atoms with E-state index in [1.807, 2.05) is 11.9 Å². The summed E-state index contributed by atoms with van der Waals surface area (Å²) in [5, 5.41) is 5.15. The monoisotopic (exact) mass is 408 g/mol. The van der Waals surface area contributed by atoms with Gasteiger partial charge in [0.1, 0.15) is 0 Å². The third-order valence-electron chi connectivity index (χ3n) is 6.19. The predicted molar refractivity (Wildman–Crippen MR) is 111 cm³/mol. The number of hydrogen-bond donors (Lipinski definition) is 1. The Morgan fingerprint density at radius 3 is 2.18 bits per heavy atom. The van der Waals surface area contributed by atoms with Crippen molar-refractivity contribution in [1.29, 1.82) is 0 Å². The summed E-state index contributed by atoms with van der Waals surface area (Å²) < 4.78 is 22.7. The number of nitrogens with two attached hydrogens (primary N) is 1. The number of carbonyl (C=O) groups is 1. The maximum atomic E-state index is 12.7. The van der Waals surface area contributed by atoms with Crippen molar-refractivity contribution in [3.63, 3.8) is 0 Å². The Hall–Kier alpha value is -1.64. The van der Waals surface area contributed by atoms with Crippen LogP contribution in [0.2, 0.25) is 0 Å². The van der Waals surface area contributed by atoms with Gasteiger partial charge in [-0.25, -0.2) is 13.6 Å². The van der Waals surface area contributed by atoms with Crippen LogP contribution < -0.4 is 10.0 Å². The molecule has 1 saturated heterocycles. The van der Waals surface area contributed by atoms with Gasteiger partial charge in [0.05, 0.1) is 11.4 Å². The summed E-state index contributed by atoms with van der Waals surface area (Å²) in [7, 11) is -1.71. The number of amides is 1. The van der Waals surface area contributed by atoms with Gasteiger partial charge in [-0.15, -0.1) is 0 Å². The predicted octanol–water partition coefficient (Wildman–Crippen LogP) is 1.49. The number of sulfonamides is 1. The Labute approximate surface area is 168 Å². The number of nitrogens with zero attached hydrogens (tertiary/aromatic N) is 3. The molecule has 28 heavy (non-hydrogen) atoms. The number of primary sulfonamides is 1. The van der Waals surface area contributed by atoms with Crippen LogP contribution in [0.4, 0.5) is 5.69 Å². The van der Waals surface area contributed by atoms with Crippen molar-refractivity contribution in [1.82, 2.24) is 9.80 Å². The lowest BCUT2D eigenvalue weighted by molar-refractivity contribution is -0.134. The number of likely N-dealkylation sites (N-methyl/N-ethyl adjacent to an activating group) is 1. The molecule has 8 heteroatoms. The molecular weight excluding hydrogens is 376 g/mol. The molecule has 2 aliphatic rings. The lowest BCUT2D eigenvalue weighted by atomic mass is 9.87. The fraction of sp³-hybridized carbons (Fsp3) is 0.650. The molecule has 156 valence electrons. The average Bonchev–Trinajstić information content (AvgIpc) is 2.68. The van der Waals surface area contributed by atoms with Crippen LogP contribution in [-0.2, 0) is 14.8 Å². The lowest BCUT2D eigenvalue weighted by Gasteiger charge is -2.38. The van der Waals surface area contributed by atoms with E-state index in [-0.39, 0.29) is 10.8 Å². The molecular formula is C20H32N4O3S. The zero-order valence-electron chi connectivity index (χ0n) is 16.9. The van der Waals surface area contributed by atoms with E-state index >= 15 is 0 Å². The van der Waals surface area contributed by atoms with E-state index in [2.05, 4.69) is 16.7 Å². The van der Waals surface area contributed by atoms with Gasteiger partial charge in [0.15, 0.2) is 0 Å². The molecule has 1 aliphatic carbocycles. The molecule has 1 aliphatic heterocycles. The molecule has 1 aromatic rings. The first-order valence-electron chi connectivity index (χ1n) is 10.1. The minimum Gasteiger partial charge on any atom is -0.369 e. The second-order valence-electron chi connectivity index (χ2n) is 8.22. The lowest BCUT2D eigenvalue weighted by Crippen LogP contribution is -2.51. The first-order valence-corrected chi connectivity index (χ1v) is 11.6. The van der Waals surface area contributed by atoms with Crippen molar-refractivity contribution in [2.24, 2.45) is 11.1 Å². The molecule has 0 bridgehead atoms. The summed E-state index contributed by atoms with van der Waals surface area (Å²) in [5.74, 6) is 0.998. The largest absolute Gasteiger partial charge is 0.369 e. The molecule has 1 amide bonds. The van der Waals surface area contributed by atoms with E-state index in [9.17, 15) is 13.2 Å². The molecule has 3 rings (SSSR count). The van der Waals surface area contributed by atoms with Crippen LogP contribution in [0.25, 0.3) is 0 Å². The van der Waals surface area contributed by atoms with Crippen molar-refractivity contribution in [2.75, 3.05) is 44.7 Å². The summed E-state index contributed by atoms with van der Waals surface area (Å²) in [5.41, 5.74) is 0.979. The number of carbonyl (C=O) groups excluding carboxylic acids is 1. The standard InChI is InChI=1S/C20H32N4O3S/c1-16-3-5-17(6-4-16)22(2)20(25)15-23-11-13-24(14-12-23)18-7-9-19(10-8-18)28(21,26)27/h7-10,16-17H,3-6,11-15H2,1-2H3,(H2,21,26,27). The maximum Gasteiger partial charge on any atom is 0.238 e. The molecule has 2 N–H and O–H groups in total.